The van der Waals surface area contributed by atoms with Crippen molar-refractivity contribution in [3.8, 4) is 5.75 Å². The van der Waals surface area contributed by atoms with E-state index in [0.29, 0.717) is 16.2 Å². The van der Waals surface area contributed by atoms with Crippen molar-refractivity contribution < 1.29 is 42.0 Å². The zero-order chi connectivity index (χ0) is 32.2. The second-order valence-electron chi connectivity index (χ2n) is 10.0. The normalized spacial score (nSPS) is 21.2. The lowest BCUT2D eigenvalue weighted by atomic mass is 10.0. The number of β-lactam (4-membered cyclic amide) rings is 1. The maximum Gasteiger partial charge on any atom is 0.362 e. The summed E-state index contributed by atoms with van der Waals surface area (Å²) in [6, 6.07) is 4.16. The van der Waals surface area contributed by atoms with E-state index in [2.05, 4.69) is 26.1 Å². The van der Waals surface area contributed by atoms with Crippen molar-refractivity contribution in [1.29, 1.82) is 5.41 Å². The van der Waals surface area contributed by atoms with Crippen LogP contribution in [-0.4, -0.2) is 101 Å². The first kappa shape index (κ1) is 32.6. The SMILES string of the molecule is Cc1sc(N)nc1/C(=N/OC(COc1ccc(C(=N)N[C@H]2CCCNC2)cc1)C(=O)O)C(=O)N[C@@H]1C(=O)N(S(=O)(=O)O)[C@H]1C. The van der Waals surface area contributed by atoms with Crippen LogP contribution in [0.3, 0.4) is 0 Å². The van der Waals surface area contributed by atoms with Crippen molar-refractivity contribution in [2.24, 2.45) is 5.16 Å². The molecule has 3 heterocycles. The number of nitrogens with one attached hydrogen (secondary N) is 4. The van der Waals surface area contributed by atoms with Gasteiger partial charge in [-0.2, -0.15) is 8.42 Å². The van der Waals surface area contributed by atoms with Gasteiger partial charge in [0.25, 0.3) is 17.9 Å². The number of nitrogens with zero attached hydrogens (tertiary/aromatic N) is 3. The molecule has 4 rings (SSSR count). The number of piperidine rings is 1. The molecule has 0 spiro atoms. The molecule has 2 aliphatic heterocycles. The van der Waals surface area contributed by atoms with E-state index < -0.39 is 58.6 Å². The number of benzene rings is 1. The summed E-state index contributed by atoms with van der Waals surface area (Å²) < 4.78 is 37.8. The number of hydrogen-bond donors (Lipinski definition) is 7. The summed E-state index contributed by atoms with van der Waals surface area (Å²) in [5.74, 6) is -3.03. The van der Waals surface area contributed by atoms with Crippen LogP contribution in [0.25, 0.3) is 0 Å². The first-order chi connectivity index (χ1) is 20.8. The fraction of sp³-hybridized carbons (Fsp3) is 0.440. The minimum atomic E-state index is -4.83. The number of hydrogen-bond acceptors (Lipinski definition) is 13. The Labute approximate surface area is 256 Å². The zero-order valence-corrected chi connectivity index (χ0v) is 25.3. The number of carbonyl (C=O) groups is 3. The Hall–Kier alpha value is -4.33. The highest BCUT2D eigenvalue weighted by molar-refractivity contribution is 7.84. The van der Waals surface area contributed by atoms with Gasteiger partial charge in [-0.15, -0.1) is 11.3 Å². The maximum atomic E-state index is 13.1. The van der Waals surface area contributed by atoms with Gasteiger partial charge in [-0.1, -0.05) is 5.16 Å². The average Bonchev–Trinajstić information content (AvgIpc) is 3.30. The Morgan fingerprint density at radius 3 is 2.57 bits per heavy atom. The molecule has 1 aromatic heterocycles. The fourth-order valence-electron chi connectivity index (χ4n) is 4.56. The van der Waals surface area contributed by atoms with Crippen LogP contribution in [0.2, 0.25) is 0 Å². The summed E-state index contributed by atoms with van der Waals surface area (Å²) in [5, 5.41) is 30.5. The number of rotatable bonds is 12. The standard InChI is InChI=1S/C25H32N8O9S2/c1-12-18(23(35)33(12)44(38,39)40)30-22(34)20(19-13(2)43-25(27)31-19)32-42-17(24(36)37)11-41-16-7-5-14(6-8-16)21(26)29-15-4-3-9-28-10-15/h5-8,12,15,17-18,28H,3-4,9-11H2,1-2H3,(H2,26,29)(H2,27,31)(H,30,34)(H,36,37)(H,38,39,40)/b32-20-/t12-,15-,17?,18-/m0/s1. The number of oxime groups is 1. The molecule has 2 aliphatic rings. The van der Waals surface area contributed by atoms with Crippen LogP contribution in [0.15, 0.2) is 29.4 Å². The van der Waals surface area contributed by atoms with E-state index in [-0.39, 0.29) is 27.0 Å². The van der Waals surface area contributed by atoms with Gasteiger partial charge in [-0.3, -0.25) is 19.6 Å². The van der Waals surface area contributed by atoms with Gasteiger partial charge in [0, 0.05) is 23.0 Å². The summed E-state index contributed by atoms with van der Waals surface area (Å²) in [7, 11) is -4.83. The lowest BCUT2D eigenvalue weighted by Crippen LogP contribution is -2.71. The van der Waals surface area contributed by atoms with E-state index >= 15 is 0 Å². The molecule has 2 aromatic rings. The van der Waals surface area contributed by atoms with Gasteiger partial charge in [0.2, 0.25) is 0 Å². The molecule has 2 saturated heterocycles. The number of carboxylic acids is 1. The molecule has 19 heteroatoms. The molecule has 1 aromatic carbocycles. The van der Waals surface area contributed by atoms with E-state index in [0.717, 1.165) is 37.3 Å². The van der Waals surface area contributed by atoms with Crippen LogP contribution < -0.4 is 26.4 Å². The first-order valence-electron chi connectivity index (χ1n) is 13.4. The Bertz CT molecular complexity index is 1560. The van der Waals surface area contributed by atoms with Gasteiger partial charge in [0.05, 0.1) is 6.04 Å². The van der Waals surface area contributed by atoms with Gasteiger partial charge < -0.3 is 36.4 Å². The van der Waals surface area contributed by atoms with Crippen LogP contribution in [0.4, 0.5) is 5.13 Å². The lowest BCUT2D eigenvalue weighted by molar-refractivity contribution is -0.152. The summed E-state index contributed by atoms with van der Waals surface area (Å²) in [6.07, 6.45) is 0.290. The number of ether oxygens (including phenoxy) is 1. The molecule has 2 amide bonds. The maximum absolute atomic E-state index is 13.1. The smallest absolute Gasteiger partial charge is 0.362 e. The minimum absolute atomic E-state index is 0.0447. The van der Waals surface area contributed by atoms with Crippen molar-refractivity contribution in [1.82, 2.24) is 25.2 Å². The van der Waals surface area contributed by atoms with Crippen LogP contribution in [-0.2, 0) is 29.5 Å². The second-order valence-corrected chi connectivity index (χ2v) is 12.6. The predicted octanol–water partition coefficient (Wildman–Crippen LogP) is -0.528. The Balaban J connectivity index is 1.43. The number of aryl methyl sites for hydroxylation is 1. The van der Waals surface area contributed by atoms with Crippen molar-refractivity contribution in [3.63, 3.8) is 0 Å². The fourth-order valence-corrected chi connectivity index (χ4v) is 6.13. The third kappa shape index (κ3) is 7.59. The number of thiazole rings is 1. The zero-order valence-electron chi connectivity index (χ0n) is 23.6. The molecule has 238 valence electrons. The number of amidine groups is 1. The molecule has 0 saturated carbocycles. The number of carboxylic acid groups (broad SMARTS) is 1. The highest BCUT2D eigenvalue weighted by Gasteiger charge is 2.51. The van der Waals surface area contributed by atoms with Crippen molar-refractivity contribution >= 4 is 56.1 Å². The molecule has 0 aliphatic carbocycles. The number of amides is 2. The van der Waals surface area contributed by atoms with Gasteiger partial charge in [0.1, 0.15) is 29.9 Å². The largest absolute Gasteiger partial charge is 0.489 e. The van der Waals surface area contributed by atoms with Gasteiger partial charge in [0.15, 0.2) is 10.8 Å². The van der Waals surface area contributed by atoms with E-state index in [9.17, 15) is 32.5 Å². The highest BCUT2D eigenvalue weighted by Crippen LogP contribution is 2.24. The predicted molar refractivity (Wildman–Crippen MR) is 158 cm³/mol. The molecule has 8 N–H and O–H groups in total. The Kier molecular flexibility index (Phi) is 10.0. The van der Waals surface area contributed by atoms with Crippen LogP contribution in [0, 0.1) is 12.3 Å². The van der Waals surface area contributed by atoms with Crippen LogP contribution in [0.5, 0.6) is 5.75 Å². The summed E-state index contributed by atoms with van der Waals surface area (Å²) >= 11 is 1.02. The topological polar surface area (TPSA) is 259 Å². The third-order valence-electron chi connectivity index (χ3n) is 6.86. The molecule has 0 bridgehead atoms. The molecular weight excluding hydrogens is 620 g/mol. The number of nitrogen functional groups attached to an aromatic ring is 1. The molecule has 17 nitrogen and oxygen atoms in total. The quantitative estimate of drug-likeness (QED) is 0.0501. The van der Waals surface area contributed by atoms with E-state index in [4.69, 9.17) is 20.7 Å². The molecule has 44 heavy (non-hydrogen) atoms. The third-order valence-corrected chi connectivity index (χ3v) is 8.67. The molecule has 1 unspecified atom stereocenters. The summed E-state index contributed by atoms with van der Waals surface area (Å²) in [6.45, 7) is 4.07. The Morgan fingerprint density at radius 2 is 2.02 bits per heavy atom. The van der Waals surface area contributed by atoms with E-state index in [1.54, 1.807) is 31.2 Å². The van der Waals surface area contributed by atoms with Gasteiger partial charge >= 0.3 is 16.3 Å². The molecule has 4 atom stereocenters. The van der Waals surface area contributed by atoms with Crippen molar-refractivity contribution in [2.45, 2.75) is 50.9 Å². The Morgan fingerprint density at radius 1 is 1.32 bits per heavy atom. The number of carbonyl (C=O) groups excluding carboxylic acids is 2. The highest BCUT2D eigenvalue weighted by atomic mass is 32.2. The number of aliphatic carboxylic acids is 1. The van der Waals surface area contributed by atoms with Crippen LogP contribution >= 0.6 is 11.3 Å². The molecule has 0 radical (unpaired) electrons. The monoisotopic (exact) mass is 652 g/mol. The van der Waals surface area contributed by atoms with E-state index in [1.807, 2.05) is 0 Å². The summed E-state index contributed by atoms with van der Waals surface area (Å²) in [4.78, 5) is 47.0. The molecular formula is C25H32N8O9S2. The van der Waals surface area contributed by atoms with Gasteiger partial charge in [-0.05, 0) is 57.5 Å². The lowest BCUT2D eigenvalue weighted by Gasteiger charge is -2.42. The van der Waals surface area contributed by atoms with Crippen LogP contribution in [0.1, 0.15) is 35.9 Å². The number of nitrogens with two attached hydrogens (primary N) is 1. The van der Waals surface area contributed by atoms with Gasteiger partial charge in [-0.25, -0.2) is 14.1 Å². The average molecular weight is 653 g/mol. The minimum Gasteiger partial charge on any atom is -0.489 e. The molecule has 2 fully saturated rings. The van der Waals surface area contributed by atoms with Crippen molar-refractivity contribution in [2.75, 3.05) is 25.4 Å². The number of aromatic nitrogens is 1. The first-order valence-corrected chi connectivity index (χ1v) is 15.6. The number of anilines is 1. The van der Waals surface area contributed by atoms with Crippen molar-refractivity contribution in [3.05, 3.63) is 40.4 Å². The second kappa shape index (κ2) is 13.5. The van der Waals surface area contributed by atoms with E-state index in [1.165, 1.54) is 6.92 Å². The summed E-state index contributed by atoms with van der Waals surface area (Å²) in [5.41, 5.74) is 5.80.